The molecule has 3 aliphatic rings. The van der Waals surface area contributed by atoms with Gasteiger partial charge in [0.2, 0.25) is 5.91 Å². The maximum absolute atomic E-state index is 11.6. The quantitative estimate of drug-likeness (QED) is 0.893. The van der Waals surface area contributed by atoms with E-state index in [-0.39, 0.29) is 5.91 Å². The highest BCUT2D eigenvalue weighted by atomic mass is 35.5. The lowest BCUT2D eigenvalue weighted by atomic mass is 9.90. The number of carbonyl (C=O) groups is 1. The fourth-order valence-electron chi connectivity index (χ4n) is 4.54. The molecule has 3 heterocycles. The van der Waals surface area contributed by atoms with Crippen molar-refractivity contribution >= 4 is 23.2 Å². The number of nitrogens with one attached hydrogen (secondary N) is 1. The first-order valence-electron chi connectivity index (χ1n) is 9.14. The molecule has 2 atom stereocenters. The molecule has 0 radical (unpaired) electrons. The Balaban J connectivity index is 1.34. The highest BCUT2D eigenvalue weighted by Crippen LogP contribution is 2.31. The number of halogens is 1. The van der Waals surface area contributed by atoms with E-state index in [4.69, 9.17) is 11.6 Å². The number of rotatable bonds is 2. The van der Waals surface area contributed by atoms with E-state index in [0.29, 0.717) is 18.0 Å². The third-order valence-corrected chi connectivity index (χ3v) is 6.49. The van der Waals surface area contributed by atoms with E-state index >= 15 is 0 Å². The van der Waals surface area contributed by atoms with Gasteiger partial charge in [-0.15, -0.1) is 0 Å². The zero-order chi connectivity index (χ0) is 16.7. The number of hydrogen-bond acceptors (Lipinski definition) is 3. The molecule has 24 heavy (non-hydrogen) atoms. The lowest BCUT2D eigenvalue weighted by Crippen LogP contribution is -2.53. The minimum absolute atomic E-state index is 0.248. The number of benzene rings is 1. The van der Waals surface area contributed by atoms with Gasteiger partial charge in [0.15, 0.2) is 0 Å². The van der Waals surface area contributed by atoms with Gasteiger partial charge in [-0.3, -0.25) is 9.69 Å². The van der Waals surface area contributed by atoms with Crippen LogP contribution in [0.3, 0.4) is 0 Å². The van der Waals surface area contributed by atoms with Gasteiger partial charge in [0.25, 0.3) is 0 Å². The summed E-state index contributed by atoms with van der Waals surface area (Å²) < 4.78 is 0. The van der Waals surface area contributed by atoms with E-state index in [0.717, 1.165) is 49.6 Å². The van der Waals surface area contributed by atoms with Gasteiger partial charge in [-0.05, 0) is 56.3 Å². The molecule has 1 N–H and O–H groups in total. The number of hydrogen-bond donors (Lipinski definition) is 1. The Morgan fingerprint density at radius 1 is 1.17 bits per heavy atom. The van der Waals surface area contributed by atoms with Gasteiger partial charge < -0.3 is 10.2 Å². The van der Waals surface area contributed by atoms with E-state index in [1.807, 2.05) is 6.92 Å². The largest absolute Gasteiger partial charge is 0.371 e. The van der Waals surface area contributed by atoms with E-state index in [2.05, 4.69) is 33.3 Å². The number of nitrogens with zero attached hydrogens (tertiary/aromatic N) is 2. The molecular weight excluding hydrogens is 322 g/mol. The molecule has 4 rings (SSSR count). The molecular formula is C19H26ClN3O. The van der Waals surface area contributed by atoms with Crippen molar-refractivity contribution in [2.45, 2.75) is 44.7 Å². The number of carbonyl (C=O) groups excluding carboxylic acids is 1. The second-order valence-electron chi connectivity index (χ2n) is 7.57. The zero-order valence-electron chi connectivity index (χ0n) is 14.3. The van der Waals surface area contributed by atoms with Crippen LogP contribution < -0.4 is 10.2 Å². The van der Waals surface area contributed by atoms with Crippen LogP contribution in [0.1, 0.15) is 31.2 Å². The van der Waals surface area contributed by atoms with Gasteiger partial charge in [-0.2, -0.15) is 0 Å². The molecule has 5 heteroatoms. The summed E-state index contributed by atoms with van der Waals surface area (Å²) in [5, 5.41) is 4.02. The first-order chi connectivity index (χ1) is 11.6. The second-order valence-corrected chi connectivity index (χ2v) is 7.98. The monoisotopic (exact) mass is 347 g/mol. The Kier molecular flexibility index (Phi) is 4.44. The van der Waals surface area contributed by atoms with Crippen molar-refractivity contribution in [3.8, 4) is 0 Å². The van der Waals surface area contributed by atoms with Gasteiger partial charge in [-0.1, -0.05) is 17.7 Å². The SMILES string of the molecule is Cc1ccc(N2CCC(N3CC[C@@H]4CC(=O)N[C@@H]4C3)CC2)cc1Cl. The maximum atomic E-state index is 11.6. The fraction of sp³-hybridized carbons (Fsp3) is 0.632. The Morgan fingerprint density at radius 2 is 1.96 bits per heavy atom. The molecule has 0 bridgehead atoms. The molecule has 1 aromatic carbocycles. The van der Waals surface area contributed by atoms with Gasteiger partial charge in [0.1, 0.15) is 0 Å². The predicted molar refractivity (Wildman–Crippen MR) is 97.7 cm³/mol. The highest BCUT2D eigenvalue weighted by Gasteiger charge is 2.39. The van der Waals surface area contributed by atoms with Crippen molar-refractivity contribution in [1.82, 2.24) is 10.2 Å². The van der Waals surface area contributed by atoms with E-state index in [1.165, 1.54) is 18.5 Å². The van der Waals surface area contributed by atoms with Crippen LogP contribution in [-0.4, -0.2) is 49.1 Å². The molecule has 3 fully saturated rings. The van der Waals surface area contributed by atoms with Gasteiger partial charge in [-0.25, -0.2) is 0 Å². The smallest absolute Gasteiger partial charge is 0.220 e. The Labute approximate surface area is 149 Å². The summed E-state index contributed by atoms with van der Waals surface area (Å²) in [6.45, 7) is 6.40. The molecule has 0 aliphatic carbocycles. The molecule has 0 unspecified atom stereocenters. The minimum atomic E-state index is 0.248. The highest BCUT2D eigenvalue weighted by molar-refractivity contribution is 6.31. The Morgan fingerprint density at radius 3 is 2.71 bits per heavy atom. The van der Waals surface area contributed by atoms with Crippen LogP contribution in [0.4, 0.5) is 5.69 Å². The van der Waals surface area contributed by atoms with Crippen molar-refractivity contribution < 1.29 is 4.79 Å². The van der Waals surface area contributed by atoms with Crippen molar-refractivity contribution in [2.75, 3.05) is 31.1 Å². The van der Waals surface area contributed by atoms with Crippen molar-refractivity contribution in [1.29, 1.82) is 0 Å². The average molecular weight is 348 g/mol. The standard InChI is InChI=1S/C19H26ClN3O/c1-13-2-3-16(11-17(13)20)22-8-5-15(6-9-22)23-7-4-14-10-19(24)21-18(14)12-23/h2-3,11,14-15,18H,4-10,12H2,1H3,(H,21,24)/t14-,18-/m1/s1. The molecule has 3 aliphatic heterocycles. The molecule has 3 saturated heterocycles. The first kappa shape index (κ1) is 16.2. The zero-order valence-corrected chi connectivity index (χ0v) is 15.1. The van der Waals surface area contributed by atoms with Crippen molar-refractivity contribution in [2.24, 2.45) is 5.92 Å². The minimum Gasteiger partial charge on any atom is -0.371 e. The summed E-state index contributed by atoms with van der Waals surface area (Å²) in [4.78, 5) is 16.7. The lowest BCUT2D eigenvalue weighted by Gasteiger charge is -2.43. The number of fused-ring (bicyclic) bond motifs is 1. The third kappa shape index (κ3) is 3.14. The summed E-state index contributed by atoms with van der Waals surface area (Å²) in [5.74, 6) is 0.821. The normalized spacial score (nSPS) is 28.8. The number of anilines is 1. The molecule has 0 aromatic heterocycles. The van der Waals surface area contributed by atoms with E-state index in [9.17, 15) is 4.79 Å². The third-order valence-electron chi connectivity index (χ3n) is 6.08. The van der Waals surface area contributed by atoms with Gasteiger partial charge in [0, 0.05) is 48.8 Å². The van der Waals surface area contributed by atoms with Crippen LogP contribution in [0.25, 0.3) is 0 Å². The second kappa shape index (κ2) is 6.57. The maximum Gasteiger partial charge on any atom is 0.220 e. The van der Waals surface area contributed by atoms with E-state index in [1.54, 1.807) is 0 Å². The predicted octanol–water partition coefficient (Wildman–Crippen LogP) is 2.83. The van der Waals surface area contributed by atoms with Crippen LogP contribution >= 0.6 is 11.6 Å². The van der Waals surface area contributed by atoms with Crippen LogP contribution in [0.2, 0.25) is 5.02 Å². The molecule has 4 nitrogen and oxygen atoms in total. The van der Waals surface area contributed by atoms with Crippen molar-refractivity contribution in [3.05, 3.63) is 28.8 Å². The Bertz CT molecular complexity index is 627. The summed E-state index contributed by atoms with van der Waals surface area (Å²) >= 11 is 6.28. The topological polar surface area (TPSA) is 35.6 Å². The molecule has 0 spiro atoms. The first-order valence-corrected chi connectivity index (χ1v) is 9.52. The number of aryl methyl sites for hydroxylation is 1. The Hall–Kier alpha value is -1.26. The van der Waals surface area contributed by atoms with Crippen LogP contribution in [0.15, 0.2) is 18.2 Å². The summed E-state index contributed by atoms with van der Waals surface area (Å²) in [5.41, 5.74) is 2.38. The molecule has 0 saturated carbocycles. The van der Waals surface area contributed by atoms with Crippen LogP contribution in [0.5, 0.6) is 0 Å². The summed E-state index contributed by atoms with van der Waals surface area (Å²) in [6, 6.07) is 7.43. The van der Waals surface area contributed by atoms with Crippen molar-refractivity contribution in [3.63, 3.8) is 0 Å². The van der Waals surface area contributed by atoms with Gasteiger partial charge >= 0.3 is 0 Å². The van der Waals surface area contributed by atoms with Crippen LogP contribution in [-0.2, 0) is 4.79 Å². The molecule has 1 aromatic rings. The number of piperidine rings is 2. The fourth-order valence-corrected chi connectivity index (χ4v) is 4.71. The summed E-state index contributed by atoms with van der Waals surface area (Å²) in [7, 11) is 0. The number of amides is 1. The summed E-state index contributed by atoms with van der Waals surface area (Å²) in [6.07, 6.45) is 4.29. The number of likely N-dealkylation sites (tertiary alicyclic amines) is 1. The molecule has 1 amide bonds. The molecule has 130 valence electrons. The van der Waals surface area contributed by atoms with Gasteiger partial charge in [0.05, 0.1) is 0 Å². The van der Waals surface area contributed by atoms with Crippen LogP contribution in [0, 0.1) is 12.8 Å². The lowest BCUT2D eigenvalue weighted by molar-refractivity contribution is -0.119. The average Bonchev–Trinajstić information content (AvgIpc) is 2.96. The van der Waals surface area contributed by atoms with E-state index < -0.39 is 0 Å².